The van der Waals surface area contributed by atoms with E-state index in [4.69, 9.17) is 4.74 Å². The summed E-state index contributed by atoms with van der Waals surface area (Å²) in [6.45, 7) is 4.02. The molecule has 0 fully saturated rings. The molecule has 22 heavy (non-hydrogen) atoms. The number of carboxylic acid groups (broad SMARTS) is 1. The number of para-hydroxylation sites is 1. The molecular weight excluding hydrogens is 502 g/mol. The van der Waals surface area contributed by atoms with Crippen molar-refractivity contribution in [3.05, 3.63) is 23.8 Å². The first kappa shape index (κ1) is 18.6. The minimum atomic E-state index is -0.947. The van der Waals surface area contributed by atoms with E-state index >= 15 is 0 Å². The second-order valence-corrected chi connectivity index (χ2v) is 12.0. The van der Waals surface area contributed by atoms with Crippen LogP contribution >= 0.6 is 59.7 Å². The molecule has 1 N–H and O–H groups in total. The van der Waals surface area contributed by atoms with Crippen LogP contribution in [0.5, 0.6) is 5.75 Å². The number of benzene rings is 1. The molecule has 0 aliphatic carbocycles. The van der Waals surface area contributed by atoms with Gasteiger partial charge in [-0.1, -0.05) is 59.9 Å². The van der Waals surface area contributed by atoms with Gasteiger partial charge in [-0.2, -0.15) is 4.79 Å². The maximum atomic E-state index is 12.0. The van der Waals surface area contributed by atoms with Crippen LogP contribution in [-0.2, 0) is 6.42 Å². The predicted molar refractivity (Wildman–Crippen MR) is 103 cm³/mol. The van der Waals surface area contributed by atoms with E-state index in [0.29, 0.717) is 11.4 Å². The monoisotopic (exact) mass is 516 g/mol. The molecule has 2 rings (SSSR count). The van der Waals surface area contributed by atoms with Crippen LogP contribution in [-0.4, -0.2) is 31.7 Å². The van der Waals surface area contributed by atoms with Crippen LogP contribution in [0.2, 0.25) is 0 Å². The average molecular weight is 519 g/mol. The molecule has 2 atom stereocenters. The van der Waals surface area contributed by atoms with Gasteiger partial charge in [-0.05, 0) is 13.8 Å². The molecule has 0 spiro atoms. The van der Waals surface area contributed by atoms with Gasteiger partial charge in [-0.3, -0.25) is 0 Å². The van der Waals surface area contributed by atoms with E-state index in [1.807, 2.05) is 32.0 Å². The van der Waals surface area contributed by atoms with E-state index in [-0.39, 0.29) is 17.4 Å². The molecule has 8 heteroatoms. The van der Waals surface area contributed by atoms with E-state index in [9.17, 15) is 9.90 Å². The Morgan fingerprint density at radius 3 is 2.59 bits per heavy atom. The second-order valence-electron chi connectivity index (χ2n) is 5.80. The van der Waals surface area contributed by atoms with Crippen molar-refractivity contribution in [1.29, 1.82) is 0 Å². The summed E-state index contributed by atoms with van der Waals surface area (Å²) >= 11 is 11.6. The van der Waals surface area contributed by atoms with Gasteiger partial charge >= 0.3 is 6.09 Å². The summed E-state index contributed by atoms with van der Waals surface area (Å²) in [5, 5.41) is 9.82. The summed E-state index contributed by atoms with van der Waals surface area (Å²) in [6.07, 6.45) is -0.172. The topological polar surface area (TPSA) is 46.5 Å². The summed E-state index contributed by atoms with van der Waals surface area (Å²) < 4.78 is 5.50. The molecule has 0 radical (unpaired) electrons. The molecule has 122 valence electrons. The molecule has 0 saturated carbocycles. The number of quaternary nitrogens is 1. The lowest BCUT2D eigenvalue weighted by molar-refractivity contribution is 0.136. The molecule has 2 unspecified atom stereocenters. The van der Waals surface area contributed by atoms with Crippen molar-refractivity contribution < 1.29 is 14.6 Å². The van der Waals surface area contributed by atoms with Crippen LogP contribution in [0, 0.1) is 0 Å². The fourth-order valence-corrected chi connectivity index (χ4v) is 4.81. The Kier molecular flexibility index (Phi) is 5.59. The number of fused-ring (bicyclic) bond motifs is 1. The Morgan fingerprint density at radius 2 is 2.05 bits per heavy atom. The van der Waals surface area contributed by atoms with Gasteiger partial charge in [0, 0.05) is 18.1 Å². The Bertz CT molecular complexity index is 597. The zero-order valence-electron chi connectivity index (χ0n) is 12.3. The van der Waals surface area contributed by atoms with Crippen LogP contribution in [0.3, 0.4) is 0 Å². The van der Waals surface area contributed by atoms with Gasteiger partial charge in [0.05, 0.1) is 10.8 Å². The number of rotatable bonds is 4. The largest absolute Gasteiger partial charge is 0.530 e. The third-order valence-electron chi connectivity index (χ3n) is 3.40. The SMILES string of the molecule is CC1(C)Cc2cccc([N+](C)(SC(Br)C(Br)Br)C(=O)O)c2O1. The number of carbonyl (C=O) groups is 1. The quantitative estimate of drug-likeness (QED) is 0.325. The molecule has 1 aliphatic rings. The lowest BCUT2D eigenvalue weighted by atomic mass is 10.0. The molecular formula is C14H17Br3NO3S+. The summed E-state index contributed by atoms with van der Waals surface area (Å²) in [6, 6.07) is 5.70. The first-order valence-electron chi connectivity index (χ1n) is 6.59. The Hall–Kier alpha value is 0.240. The number of amides is 1. The van der Waals surface area contributed by atoms with Crippen LogP contribution < -0.4 is 8.63 Å². The fourth-order valence-electron chi connectivity index (χ4n) is 2.39. The normalized spacial score (nSPS) is 20.1. The second kappa shape index (κ2) is 6.63. The molecule has 0 bridgehead atoms. The highest BCUT2D eigenvalue weighted by molar-refractivity contribution is 9.25. The highest BCUT2D eigenvalue weighted by Crippen LogP contribution is 2.49. The molecule has 1 aliphatic heterocycles. The van der Waals surface area contributed by atoms with Crippen molar-refractivity contribution in [3.63, 3.8) is 0 Å². The summed E-state index contributed by atoms with van der Waals surface area (Å²) in [4.78, 5) is 12.0. The van der Waals surface area contributed by atoms with Crippen molar-refractivity contribution in [2.45, 2.75) is 33.8 Å². The molecule has 1 amide bonds. The molecule has 4 nitrogen and oxygen atoms in total. The van der Waals surface area contributed by atoms with Gasteiger partial charge in [0.1, 0.15) is 21.7 Å². The van der Waals surface area contributed by atoms with E-state index in [1.165, 1.54) is 11.9 Å². The number of ether oxygens (including phenoxy) is 1. The van der Waals surface area contributed by atoms with Crippen LogP contribution in [0.15, 0.2) is 18.2 Å². The predicted octanol–water partition coefficient (Wildman–Crippen LogP) is 5.50. The third-order valence-corrected chi connectivity index (χ3v) is 8.86. The molecule has 1 heterocycles. The summed E-state index contributed by atoms with van der Waals surface area (Å²) in [5.74, 6) is 0.685. The van der Waals surface area contributed by atoms with Gasteiger partial charge in [-0.15, -0.1) is 3.89 Å². The van der Waals surface area contributed by atoms with Crippen molar-refractivity contribution >= 4 is 71.5 Å². The van der Waals surface area contributed by atoms with Crippen molar-refractivity contribution in [2.75, 3.05) is 7.05 Å². The van der Waals surface area contributed by atoms with Gasteiger partial charge in [0.15, 0.2) is 11.4 Å². The van der Waals surface area contributed by atoms with E-state index in [2.05, 4.69) is 47.8 Å². The standard InChI is InChI=1S/C14H16Br3NO3S/c1-14(2)7-8-5-4-6-9(10(8)21-14)18(3,13(19)20)22-12(17)11(15)16/h4-6,11-12H,7H2,1-3H3/p+1. The minimum absolute atomic E-state index is 0.0593. The van der Waals surface area contributed by atoms with Crippen LogP contribution in [0.4, 0.5) is 10.5 Å². The number of alkyl halides is 3. The molecule has 0 saturated heterocycles. The fraction of sp³-hybridized carbons (Fsp3) is 0.500. The molecule has 1 aromatic rings. The first-order valence-corrected chi connectivity index (χ1v) is 10.2. The van der Waals surface area contributed by atoms with E-state index in [0.717, 1.165) is 12.0 Å². The lowest BCUT2D eigenvalue weighted by Crippen LogP contribution is -2.45. The van der Waals surface area contributed by atoms with Gasteiger partial charge < -0.3 is 9.84 Å². The van der Waals surface area contributed by atoms with E-state index < -0.39 is 6.09 Å². The van der Waals surface area contributed by atoms with Gasteiger partial charge in [-0.25, -0.2) is 0 Å². The van der Waals surface area contributed by atoms with Gasteiger partial charge in [0.2, 0.25) is 0 Å². The lowest BCUT2D eigenvalue weighted by Gasteiger charge is -2.29. The van der Waals surface area contributed by atoms with Crippen molar-refractivity contribution in [1.82, 2.24) is 3.89 Å². The maximum Gasteiger partial charge on any atom is 0.530 e. The van der Waals surface area contributed by atoms with Crippen LogP contribution in [0.1, 0.15) is 19.4 Å². The Morgan fingerprint density at radius 1 is 1.41 bits per heavy atom. The van der Waals surface area contributed by atoms with E-state index in [1.54, 1.807) is 7.05 Å². The number of hydrogen-bond acceptors (Lipinski definition) is 3. The zero-order valence-corrected chi connectivity index (χ0v) is 17.9. The number of hydrogen-bond donors (Lipinski definition) is 1. The first-order chi connectivity index (χ1) is 10.1. The Labute approximate surface area is 159 Å². The zero-order chi connectivity index (χ0) is 16.7. The summed E-state index contributed by atoms with van der Waals surface area (Å²) in [5.41, 5.74) is 1.38. The molecule has 0 aromatic heterocycles. The number of nitrogens with zero attached hydrogens (tertiary/aromatic N) is 1. The third kappa shape index (κ3) is 3.66. The number of halogens is 3. The maximum absolute atomic E-state index is 12.0. The smallest absolute Gasteiger partial charge is 0.481 e. The highest BCUT2D eigenvalue weighted by Gasteiger charge is 2.46. The minimum Gasteiger partial charge on any atom is -0.481 e. The van der Waals surface area contributed by atoms with Crippen molar-refractivity contribution in [3.8, 4) is 5.75 Å². The molecule has 1 aromatic carbocycles. The van der Waals surface area contributed by atoms with Crippen molar-refractivity contribution in [2.24, 2.45) is 0 Å². The summed E-state index contributed by atoms with van der Waals surface area (Å²) in [7, 11) is 1.66. The Balaban J connectivity index is 2.48. The van der Waals surface area contributed by atoms with Crippen LogP contribution in [0.25, 0.3) is 0 Å². The highest BCUT2D eigenvalue weighted by atomic mass is 79.9. The average Bonchev–Trinajstić information content (AvgIpc) is 2.71. The van der Waals surface area contributed by atoms with Gasteiger partial charge in [0.25, 0.3) is 0 Å².